The summed E-state index contributed by atoms with van der Waals surface area (Å²) in [5, 5.41) is 0. The number of rotatable bonds is 2. The SMILES string of the molecule is Cc1ccc(S(=O)(=O)OC#P=O)cc1. The Labute approximate surface area is 83.1 Å². The third-order valence-electron chi connectivity index (χ3n) is 1.49. The molecule has 0 saturated carbocycles. The van der Waals surface area contributed by atoms with Crippen molar-refractivity contribution in [3.63, 3.8) is 0 Å². The molecule has 0 aliphatic rings. The summed E-state index contributed by atoms with van der Waals surface area (Å²) >= 11 is 0. The van der Waals surface area contributed by atoms with E-state index in [-0.39, 0.29) is 4.90 Å². The van der Waals surface area contributed by atoms with Gasteiger partial charge >= 0.3 is 82.7 Å². The number of aryl methyl sites for hydroxylation is 1. The molecule has 1 aromatic rings. The van der Waals surface area contributed by atoms with Gasteiger partial charge in [0.25, 0.3) is 0 Å². The molecule has 0 aliphatic carbocycles. The zero-order chi connectivity index (χ0) is 10.6. The Hall–Kier alpha value is -0.860. The van der Waals surface area contributed by atoms with E-state index in [1.807, 2.05) is 6.92 Å². The molecule has 0 atom stereocenters. The standard InChI is InChI=1S/C8H7O4PS/c1-7-2-4-8(5-3-7)14(10,11)12-6-13-9/h2-5H,1H3. The van der Waals surface area contributed by atoms with E-state index in [1.165, 1.54) is 12.1 Å². The van der Waals surface area contributed by atoms with Gasteiger partial charge in [-0.1, -0.05) is 0 Å². The molecule has 0 fully saturated rings. The first kappa shape index (κ1) is 11.2. The summed E-state index contributed by atoms with van der Waals surface area (Å²) in [5.41, 5.74) is 0.943. The summed E-state index contributed by atoms with van der Waals surface area (Å²) in [6, 6.07) is 6.11. The average molecular weight is 230 g/mol. The molecule has 1 rings (SSSR count). The molecule has 14 heavy (non-hydrogen) atoms. The van der Waals surface area contributed by atoms with Crippen molar-refractivity contribution >= 4 is 18.0 Å². The molecule has 0 unspecified atom stereocenters. The van der Waals surface area contributed by atoms with Crippen LogP contribution in [0.15, 0.2) is 29.2 Å². The molecule has 0 N–H and O–H groups in total. The van der Waals surface area contributed by atoms with Gasteiger partial charge in [-0.2, -0.15) is 0 Å². The van der Waals surface area contributed by atoms with Crippen LogP contribution >= 0.6 is 7.92 Å². The van der Waals surface area contributed by atoms with Crippen LogP contribution in [-0.2, 0) is 18.9 Å². The second-order valence-electron chi connectivity index (χ2n) is 2.53. The molecule has 0 heterocycles. The van der Waals surface area contributed by atoms with Crippen LogP contribution < -0.4 is 0 Å². The van der Waals surface area contributed by atoms with Gasteiger partial charge in [0.15, 0.2) is 0 Å². The molecule has 0 bridgehead atoms. The number of hydrogen-bond acceptors (Lipinski definition) is 4. The van der Waals surface area contributed by atoms with E-state index in [0.717, 1.165) is 5.56 Å². The fourth-order valence-corrected chi connectivity index (χ4v) is 1.90. The Kier molecular flexibility index (Phi) is 3.67. The molecule has 0 aliphatic heterocycles. The zero-order valence-electron chi connectivity index (χ0n) is 7.30. The summed E-state index contributed by atoms with van der Waals surface area (Å²) in [5.74, 6) is 1.73. The molecular formula is C8H7O4PS. The fourth-order valence-electron chi connectivity index (χ4n) is 0.817. The van der Waals surface area contributed by atoms with Gasteiger partial charge in [0.2, 0.25) is 0 Å². The Morgan fingerprint density at radius 2 is 1.86 bits per heavy atom. The maximum atomic E-state index is 11.3. The molecule has 4 nitrogen and oxygen atoms in total. The second-order valence-corrected chi connectivity index (χ2v) is 4.44. The van der Waals surface area contributed by atoms with Gasteiger partial charge in [-0.3, -0.25) is 0 Å². The third kappa shape index (κ3) is 2.82. The zero-order valence-corrected chi connectivity index (χ0v) is 9.01. The van der Waals surface area contributed by atoms with Gasteiger partial charge in [0.1, 0.15) is 0 Å². The summed E-state index contributed by atoms with van der Waals surface area (Å²) in [7, 11) is -4.46. The first-order chi connectivity index (χ1) is 6.56. The number of hydrogen-bond donors (Lipinski definition) is 0. The molecule has 6 heteroatoms. The van der Waals surface area contributed by atoms with Gasteiger partial charge in [-0.25, -0.2) is 0 Å². The van der Waals surface area contributed by atoms with Crippen molar-refractivity contribution in [2.24, 2.45) is 0 Å². The van der Waals surface area contributed by atoms with Crippen LogP contribution in [-0.4, -0.2) is 8.42 Å². The topological polar surface area (TPSA) is 60.4 Å². The maximum absolute atomic E-state index is 11.3. The Balaban J connectivity index is 3.08. The quantitative estimate of drug-likeness (QED) is 0.575. The van der Waals surface area contributed by atoms with E-state index in [2.05, 4.69) is 4.18 Å². The van der Waals surface area contributed by atoms with E-state index >= 15 is 0 Å². The van der Waals surface area contributed by atoms with Crippen LogP contribution in [0.5, 0.6) is 0 Å². The monoisotopic (exact) mass is 230 g/mol. The molecule has 0 saturated heterocycles. The molecule has 0 spiro atoms. The predicted octanol–water partition coefficient (Wildman–Crippen LogP) is 1.91. The van der Waals surface area contributed by atoms with Gasteiger partial charge in [-0.15, -0.1) is 0 Å². The minimum absolute atomic E-state index is 0.0132. The van der Waals surface area contributed by atoms with Crippen LogP contribution in [0.3, 0.4) is 0 Å². The average Bonchev–Trinajstić information content (AvgIpc) is 2.16. The van der Waals surface area contributed by atoms with Gasteiger partial charge < -0.3 is 0 Å². The van der Waals surface area contributed by atoms with Crippen LogP contribution in [0.2, 0.25) is 0 Å². The first-order valence-corrected chi connectivity index (χ1v) is 5.86. The molecule has 74 valence electrons. The number of benzene rings is 1. The molecular weight excluding hydrogens is 223 g/mol. The van der Waals surface area contributed by atoms with Crippen molar-refractivity contribution in [2.45, 2.75) is 11.8 Å². The summed E-state index contributed by atoms with van der Waals surface area (Å²) in [6.07, 6.45) is 0. The molecule has 1 aromatic carbocycles. The van der Waals surface area contributed by atoms with Gasteiger partial charge in [-0.05, 0) is 0 Å². The van der Waals surface area contributed by atoms with E-state index in [9.17, 15) is 13.0 Å². The summed E-state index contributed by atoms with van der Waals surface area (Å²) in [6.45, 7) is 1.84. The van der Waals surface area contributed by atoms with Crippen molar-refractivity contribution < 1.29 is 17.2 Å². The van der Waals surface area contributed by atoms with Crippen molar-refractivity contribution in [3.05, 3.63) is 29.8 Å². The van der Waals surface area contributed by atoms with Crippen molar-refractivity contribution in [2.75, 3.05) is 0 Å². The predicted molar refractivity (Wildman–Crippen MR) is 50.9 cm³/mol. The second kappa shape index (κ2) is 4.58. The molecule has 0 radical (unpaired) electrons. The van der Waals surface area contributed by atoms with Gasteiger partial charge in [0.05, 0.1) is 0 Å². The summed E-state index contributed by atoms with van der Waals surface area (Å²) in [4.78, 5) is 0.0132. The van der Waals surface area contributed by atoms with Crippen molar-refractivity contribution in [3.8, 4) is 5.81 Å². The van der Waals surface area contributed by atoms with Gasteiger partial charge in [0, 0.05) is 0 Å². The Morgan fingerprint density at radius 1 is 1.29 bits per heavy atom. The van der Waals surface area contributed by atoms with E-state index in [4.69, 9.17) is 0 Å². The third-order valence-corrected chi connectivity index (χ3v) is 2.94. The van der Waals surface area contributed by atoms with Crippen LogP contribution in [0.1, 0.15) is 5.56 Å². The normalized spacial score (nSPS) is 10.6. The van der Waals surface area contributed by atoms with E-state index in [1.54, 1.807) is 17.9 Å². The van der Waals surface area contributed by atoms with Crippen molar-refractivity contribution in [1.82, 2.24) is 0 Å². The Morgan fingerprint density at radius 3 is 2.36 bits per heavy atom. The van der Waals surface area contributed by atoms with Crippen LogP contribution in [0.4, 0.5) is 0 Å². The first-order valence-electron chi connectivity index (χ1n) is 3.64. The molecule has 0 amide bonds. The van der Waals surface area contributed by atoms with Crippen LogP contribution in [0.25, 0.3) is 0 Å². The minimum atomic E-state index is -3.86. The molecule has 0 aromatic heterocycles. The summed E-state index contributed by atoms with van der Waals surface area (Å²) < 4.78 is 36.7. The fraction of sp³-hybridized carbons (Fsp3) is 0.125. The Bertz CT molecular complexity index is 512. The van der Waals surface area contributed by atoms with Crippen molar-refractivity contribution in [1.29, 1.82) is 0 Å². The van der Waals surface area contributed by atoms with Crippen LogP contribution in [0, 0.1) is 12.7 Å². The van der Waals surface area contributed by atoms with E-state index in [0.29, 0.717) is 0 Å². The van der Waals surface area contributed by atoms with E-state index < -0.39 is 18.0 Å².